The summed E-state index contributed by atoms with van der Waals surface area (Å²) in [6.07, 6.45) is 2.50. The first-order chi connectivity index (χ1) is 5.65. The number of likely N-dealkylation sites (tertiary alicyclic amines) is 1. The molecule has 0 radical (unpaired) electrons. The number of rotatable bonds is 3. The molecule has 66 valence electrons. The van der Waals surface area contributed by atoms with Crippen LogP contribution >= 0.6 is 0 Å². The molecule has 0 unspecified atom stereocenters. The molecule has 0 saturated carbocycles. The molecule has 1 aliphatic rings. The van der Waals surface area contributed by atoms with E-state index >= 15 is 0 Å². The second-order valence-corrected chi connectivity index (χ2v) is 3.11. The van der Waals surface area contributed by atoms with Crippen molar-refractivity contribution in [1.82, 2.24) is 4.90 Å². The summed E-state index contributed by atoms with van der Waals surface area (Å²) in [5.74, 6) is 0.249. The van der Waals surface area contributed by atoms with Gasteiger partial charge in [0.1, 0.15) is 0 Å². The van der Waals surface area contributed by atoms with Gasteiger partial charge in [0.15, 0.2) is 5.78 Å². The van der Waals surface area contributed by atoms with Crippen molar-refractivity contribution in [2.24, 2.45) is 0 Å². The van der Waals surface area contributed by atoms with Crippen molar-refractivity contribution in [3.05, 3.63) is 24.6 Å². The zero-order valence-corrected chi connectivity index (χ0v) is 7.60. The zero-order valence-electron chi connectivity index (χ0n) is 7.60. The van der Waals surface area contributed by atoms with E-state index in [0.717, 1.165) is 24.2 Å². The lowest BCUT2D eigenvalue weighted by molar-refractivity contribution is -0.119. The molecular weight excluding hydrogens is 150 g/mol. The van der Waals surface area contributed by atoms with E-state index in [4.69, 9.17) is 0 Å². The number of carbonyl (C=O) groups excluding carboxylic acids is 1. The van der Waals surface area contributed by atoms with Gasteiger partial charge in [0.05, 0.1) is 6.54 Å². The summed E-state index contributed by atoms with van der Waals surface area (Å²) >= 11 is 0. The predicted molar refractivity (Wildman–Crippen MR) is 49.5 cm³/mol. The molecule has 1 saturated heterocycles. The molecule has 0 aromatic rings. The number of hydrogen-bond acceptors (Lipinski definition) is 2. The molecule has 2 nitrogen and oxygen atoms in total. The smallest absolute Gasteiger partial charge is 0.152 e. The first-order valence-corrected chi connectivity index (χ1v) is 4.30. The fourth-order valence-corrected chi connectivity index (χ4v) is 1.29. The number of allylic oxidation sites excluding steroid dienone is 2. The van der Waals surface area contributed by atoms with Crippen LogP contribution < -0.4 is 0 Å². The van der Waals surface area contributed by atoms with E-state index in [1.165, 1.54) is 0 Å². The summed E-state index contributed by atoms with van der Waals surface area (Å²) in [6.45, 7) is 10.1. The van der Waals surface area contributed by atoms with E-state index in [1.54, 1.807) is 0 Å². The Labute approximate surface area is 73.6 Å². The highest BCUT2D eigenvalue weighted by Gasteiger charge is 2.20. The Morgan fingerprint density at radius 3 is 2.33 bits per heavy atom. The summed E-state index contributed by atoms with van der Waals surface area (Å²) in [4.78, 5) is 13.1. The molecule has 12 heavy (non-hydrogen) atoms. The van der Waals surface area contributed by atoms with E-state index in [1.807, 2.05) is 11.8 Å². The van der Waals surface area contributed by atoms with E-state index < -0.39 is 0 Å². The number of nitrogens with zero attached hydrogens (tertiary/aromatic N) is 1. The molecule has 0 bridgehead atoms. The second-order valence-electron chi connectivity index (χ2n) is 3.11. The first kappa shape index (κ1) is 9.04. The van der Waals surface area contributed by atoms with Gasteiger partial charge in [0.2, 0.25) is 0 Å². The first-order valence-electron chi connectivity index (χ1n) is 4.30. The molecule has 1 heterocycles. The number of Topliss-reactive ketones (excluding diaryl/α,β-unsaturated/α-hetero) is 1. The maximum absolute atomic E-state index is 11.1. The Hall–Kier alpha value is -1.05. The van der Waals surface area contributed by atoms with Gasteiger partial charge in [-0.2, -0.15) is 0 Å². The molecule has 0 atom stereocenters. The Balaban J connectivity index is 2.56. The highest BCUT2D eigenvalue weighted by Crippen LogP contribution is 2.27. The van der Waals surface area contributed by atoms with E-state index in [0.29, 0.717) is 13.0 Å². The molecule has 0 aromatic carbocycles. The molecule has 1 aliphatic heterocycles. The van der Waals surface area contributed by atoms with Gasteiger partial charge < -0.3 is 4.90 Å². The molecule has 1 rings (SSSR count). The van der Waals surface area contributed by atoms with E-state index in [9.17, 15) is 4.79 Å². The third kappa shape index (κ3) is 1.76. The third-order valence-corrected chi connectivity index (χ3v) is 2.19. The lowest BCUT2D eigenvalue weighted by atomic mass is 10.3. The van der Waals surface area contributed by atoms with Crippen molar-refractivity contribution < 1.29 is 4.79 Å². The monoisotopic (exact) mass is 165 g/mol. The van der Waals surface area contributed by atoms with E-state index in [2.05, 4.69) is 13.2 Å². The van der Waals surface area contributed by atoms with Crippen LogP contribution in [0.25, 0.3) is 0 Å². The zero-order chi connectivity index (χ0) is 9.14. The van der Waals surface area contributed by atoms with Gasteiger partial charge in [0, 0.05) is 17.8 Å². The number of hydrogen-bond donors (Lipinski definition) is 0. The quantitative estimate of drug-likeness (QED) is 0.638. The minimum absolute atomic E-state index is 0.249. The van der Waals surface area contributed by atoms with Gasteiger partial charge >= 0.3 is 0 Å². The van der Waals surface area contributed by atoms with Crippen LogP contribution in [0.2, 0.25) is 0 Å². The number of carbonyl (C=O) groups is 1. The molecule has 0 aromatic heterocycles. The SMILES string of the molecule is C=C1CCC(=C)N1CC(=O)CC. The maximum Gasteiger partial charge on any atom is 0.152 e. The average molecular weight is 165 g/mol. The van der Waals surface area contributed by atoms with E-state index in [-0.39, 0.29) is 5.78 Å². The van der Waals surface area contributed by atoms with Crippen molar-refractivity contribution in [2.45, 2.75) is 26.2 Å². The van der Waals surface area contributed by atoms with Crippen LogP contribution in [0, 0.1) is 0 Å². The Bertz CT molecular complexity index is 214. The normalized spacial score (nSPS) is 17.2. The van der Waals surface area contributed by atoms with Crippen molar-refractivity contribution in [2.75, 3.05) is 6.54 Å². The van der Waals surface area contributed by atoms with Gasteiger partial charge in [-0.25, -0.2) is 0 Å². The molecule has 2 heteroatoms. The lowest BCUT2D eigenvalue weighted by Gasteiger charge is -2.18. The Morgan fingerprint density at radius 2 is 1.92 bits per heavy atom. The van der Waals surface area contributed by atoms with Crippen molar-refractivity contribution in [3.8, 4) is 0 Å². The Kier molecular flexibility index (Phi) is 2.69. The minimum atomic E-state index is 0.249. The van der Waals surface area contributed by atoms with Crippen LogP contribution in [0.3, 0.4) is 0 Å². The second kappa shape index (κ2) is 3.57. The molecule has 0 amide bonds. The van der Waals surface area contributed by atoms with Crippen LogP contribution in [-0.2, 0) is 4.79 Å². The molecule has 0 aliphatic carbocycles. The lowest BCUT2D eigenvalue weighted by Crippen LogP contribution is -2.23. The third-order valence-electron chi connectivity index (χ3n) is 2.19. The summed E-state index contributed by atoms with van der Waals surface area (Å²) in [7, 11) is 0. The summed E-state index contributed by atoms with van der Waals surface area (Å²) in [5.41, 5.74) is 2.06. The van der Waals surface area contributed by atoms with Gasteiger partial charge in [-0.3, -0.25) is 4.79 Å². The van der Waals surface area contributed by atoms with Gasteiger partial charge in [-0.15, -0.1) is 0 Å². The molecular formula is C10H15NO. The van der Waals surface area contributed by atoms with Crippen LogP contribution in [0.1, 0.15) is 26.2 Å². The summed E-state index contributed by atoms with van der Waals surface area (Å²) in [6, 6.07) is 0. The van der Waals surface area contributed by atoms with Crippen molar-refractivity contribution in [3.63, 3.8) is 0 Å². The standard InChI is InChI=1S/C10H15NO/c1-4-10(12)7-11-8(2)5-6-9(11)3/h2-7H2,1H3. The fraction of sp³-hybridized carbons (Fsp3) is 0.500. The fourth-order valence-electron chi connectivity index (χ4n) is 1.29. The minimum Gasteiger partial charge on any atom is -0.342 e. The summed E-state index contributed by atoms with van der Waals surface area (Å²) < 4.78 is 0. The largest absolute Gasteiger partial charge is 0.342 e. The van der Waals surface area contributed by atoms with Gasteiger partial charge in [0.25, 0.3) is 0 Å². The van der Waals surface area contributed by atoms with Gasteiger partial charge in [-0.1, -0.05) is 20.1 Å². The average Bonchev–Trinajstić information content (AvgIpc) is 2.35. The summed E-state index contributed by atoms with van der Waals surface area (Å²) in [5, 5.41) is 0. The van der Waals surface area contributed by atoms with Crippen LogP contribution in [0.4, 0.5) is 0 Å². The highest BCUT2D eigenvalue weighted by molar-refractivity contribution is 5.80. The number of ketones is 1. The molecule has 0 spiro atoms. The predicted octanol–water partition coefficient (Wildman–Crippen LogP) is 2.09. The highest BCUT2D eigenvalue weighted by atomic mass is 16.1. The molecule has 0 N–H and O–H groups in total. The molecule has 1 fully saturated rings. The topological polar surface area (TPSA) is 20.3 Å². The Morgan fingerprint density at radius 1 is 1.42 bits per heavy atom. The van der Waals surface area contributed by atoms with Crippen molar-refractivity contribution >= 4 is 5.78 Å². The van der Waals surface area contributed by atoms with Crippen LogP contribution in [0.5, 0.6) is 0 Å². The van der Waals surface area contributed by atoms with Crippen LogP contribution in [0.15, 0.2) is 24.6 Å². The van der Waals surface area contributed by atoms with Crippen LogP contribution in [-0.4, -0.2) is 17.2 Å². The van der Waals surface area contributed by atoms with Gasteiger partial charge in [-0.05, 0) is 12.8 Å². The maximum atomic E-state index is 11.1. The van der Waals surface area contributed by atoms with Crippen molar-refractivity contribution in [1.29, 1.82) is 0 Å².